The maximum Gasteiger partial charge on any atom is 0.308 e. The van der Waals surface area contributed by atoms with Crippen LogP contribution in [0.5, 0.6) is 5.75 Å². The molecule has 2 aromatic rings. The molecule has 0 unspecified atom stereocenters. The highest BCUT2D eigenvalue weighted by molar-refractivity contribution is 7.17. The predicted molar refractivity (Wildman–Crippen MR) is 94.3 cm³/mol. The summed E-state index contributed by atoms with van der Waals surface area (Å²) >= 11 is 1.22. The lowest BCUT2D eigenvalue weighted by atomic mass is 9.78. The van der Waals surface area contributed by atoms with Crippen LogP contribution >= 0.6 is 11.3 Å². The second-order valence-electron chi connectivity index (χ2n) is 6.81. The summed E-state index contributed by atoms with van der Waals surface area (Å²) in [5, 5.41) is 3.15. The molecule has 1 aliphatic rings. The summed E-state index contributed by atoms with van der Waals surface area (Å²) in [6, 6.07) is 6.23. The van der Waals surface area contributed by atoms with E-state index in [2.05, 4.69) is 10.3 Å². The van der Waals surface area contributed by atoms with Gasteiger partial charge in [0, 0.05) is 18.9 Å². The number of ether oxygens (including phenoxy) is 1. The largest absolute Gasteiger partial charge is 0.427 e. The Kier molecular flexibility index (Phi) is 4.43. The molecule has 0 spiro atoms. The fourth-order valence-corrected chi connectivity index (χ4v) is 3.70. The van der Waals surface area contributed by atoms with E-state index < -0.39 is 5.97 Å². The first-order valence-corrected chi connectivity index (χ1v) is 8.68. The van der Waals surface area contributed by atoms with E-state index in [9.17, 15) is 14.4 Å². The van der Waals surface area contributed by atoms with Gasteiger partial charge in [-0.05, 0) is 36.1 Å². The molecule has 0 atom stereocenters. The number of carbonyl (C=O) groups excluding carboxylic acids is 3. The first-order chi connectivity index (χ1) is 11.7. The van der Waals surface area contributed by atoms with Gasteiger partial charge in [0.25, 0.3) is 5.91 Å². The zero-order chi connectivity index (χ0) is 18.2. The molecule has 0 saturated carbocycles. The monoisotopic (exact) mass is 358 g/mol. The summed E-state index contributed by atoms with van der Waals surface area (Å²) < 4.78 is 4.94. The normalized spacial score (nSPS) is 15.4. The van der Waals surface area contributed by atoms with Gasteiger partial charge in [-0.1, -0.05) is 25.2 Å². The van der Waals surface area contributed by atoms with Crippen LogP contribution in [-0.2, 0) is 11.2 Å². The van der Waals surface area contributed by atoms with Crippen LogP contribution in [0.15, 0.2) is 24.3 Å². The molecule has 0 saturated heterocycles. The molecule has 0 fully saturated rings. The maximum absolute atomic E-state index is 12.3. The van der Waals surface area contributed by atoms with Crippen molar-refractivity contribution in [3.05, 3.63) is 40.4 Å². The summed E-state index contributed by atoms with van der Waals surface area (Å²) in [4.78, 5) is 40.5. The van der Waals surface area contributed by atoms with Crippen LogP contribution in [0, 0.1) is 5.41 Å². The van der Waals surface area contributed by atoms with Crippen LogP contribution < -0.4 is 10.1 Å². The van der Waals surface area contributed by atoms with Gasteiger partial charge >= 0.3 is 5.97 Å². The smallest absolute Gasteiger partial charge is 0.308 e. The quantitative estimate of drug-likeness (QED) is 0.671. The first kappa shape index (κ1) is 17.3. The van der Waals surface area contributed by atoms with Crippen LogP contribution in [0.2, 0.25) is 0 Å². The third kappa shape index (κ3) is 3.93. The molecular weight excluding hydrogens is 340 g/mol. The number of ketones is 1. The number of benzene rings is 1. The Morgan fingerprint density at radius 2 is 1.88 bits per heavy atom. The van der Waals surface area contributed by atoms with Gasteiger partial charge in [-0.3, -0.25) is 19.7 Å². The van der Waals surface area contributed by atoms with Gasteiger partial charge in [-0.2, -0.15) is 0 Å². The van der Waals surface area contributed by atoms with Crippen LogP contribution in [-0.4, -0.2) is 22.6 Å². The number of thiazole rings is 1. The summed E-state index contributed by atoms with van der Waals surface area (Å²) in [5.41, 5.74) is 1.06. The number of rotatable bonds is 3. The SMILES string of the molecule is CC(=O)Oc1ccc(C(=O)Nc2nc3c(s2)C(=O)CC(C)(C)C3)cc1. The number of Topliss-reactive ketones (excluding diaryl/α,β-unsaturated/α-hetero) is 1. The lowest BCUT2D eigenvalue weighted by Crippen LogP contribution is -2.26. The van der Waals surface area contributed by atoms with E-state index in [0.717, 1.165) is 12.1 Å². The predicted octanol–water partition coefficient (Wildman–Crippen LogP) is 3.48. The van der Waals surface area contributed by atoms with Crippen molar-refractivity contribution in [2.75, 3.05) is 5.32 Å². The Balaban J connectivity index is 1.74. The maximum atomic E-state index is 12.3. The molecule has 25 heavy (non-hydrogen) atoms. The molecule has 1 heterocycles. The molecule has 1 aliphatic carbocycles. The Morgan fingerprint density at radius 1 is 1.20 bits per heavy atom. The van der Waals surface area contributed by atoms with Gasteiger partial charge in [-0.15, -0.1) is 0 Å². The number of esters is 1. The van der Waals surface area contributed by atoms with Gasteiger partial charge in [0.2, 0.25) is 0 Å². The van der Waals surface area contributed by atoms with E-state index in [1.165, 1.54) is 18.3 Å². The van der Waals surface area contributed by atoms with E-state index in [0.29, 0.717) is 27.7 Å². The molecule has 1 aromatic heterocycles. The molecule has 0 bridgehead atoms. The van der Waals surface area contributed by atoms with Gasteiger partial charge in [0.1, 0.15) is 5.75 Å². The number of hydrogen-bond donors (Lipinski definition) is 1. The van der Waals surface area contributed by atoms with E-state index >= 15 is 0 Å². The van der Waals surface area contributed by atoms with Crippen molar-refractivity contribution in [2.45, 2.75) is 33.6 Å². The van der Waals surface area contributed by atoms with E-state index in [1.54, 1.807) is 24.3 Å². The summed E-state index contributed by atoms with van der Waals surface area (Å²) in [6.07, 6.45) is 1.21. The molecule has 1 amide bonds. The van der Waals surface area contributed by atoms with Crippen molar-refractivity contribution in [3.8, 4) is 5.75 Å². The minimum Gasteiger partial charge on any atom is -0.427 e. The number of fused-ring (bicyclic) bond motifs is 1. The fourth-order valence-electron chi connectivity index (χ4n) is 2.78. The molecular formula is C18H18N2O4S. The number of amides is 1. The molecule has 7 heteroatoms. The molecule has 130 valence electrons. The van der Waals surface area contributed by atoms with Crippen LogP contribution in [0.4, 0.5) is 5.13 Å². The highest BCUT2D eigenvalue weighted by Crippen LogP contribution is 2.38. The molecule has 1 N–H and O–H groups in total. The Bertz CT molecular complexity index is 852. The number of anilines is 1. The van der Waals surface area contributed by atoms with E-state index in [4.69, 9.17) is 4.74 Å². The molecule has 1 aromatic carbocycles. The van der Waals surface area contributed by atoms with Crippen LogP contribution in [0.3, 0.4) is 0 Å². The lowest BCUT2D eigenvalue weighted by molar-refractivity contribution is -0.131. The zero-order valence-electron chi connectivity index (χ0n) is 14.2. The summed E-state index contributed by atoms with van der Waals surface area (Å²) in [7, 11) is 0. The third-order valence-corrected chi connectivity index (χ3v) is 4.89. The van der Waals surface area contributed by atoms with E-state index in [1.807, 2.05) is 13.8 Å². The van der Waals surface area contributed by atoms with Crippen molar-refractivity contribution in [1.29, 1.82) is 0 Å². The topological polar surface area (TPSA) is 85.4 Å². The van der Waals surface area contributed by atoms with Crippen LogP contribution in [0.25, 0.3) is 0 Å². The molecule has 0 radical (unpaired) electrons. The second-order valence-corrected chi connectivity index (χ2v) is 7.81. The average Bonchev–Trinajstić information content (AvgIpc) is 2.88. The lowest BCUT2D eigenvalue weighted by Gasteiger charge is -2.26. The summed E-state index contributed by atoms with van der Waals surface area (Å²) in [5.74, 6) is -0.290. The van der Waals surface area contributed by atoms with Crippen LogP contribution in [0.1, 0.15) is 52.9 Å². The van der Waals surface area contributed by atoms with Gasteiger partial charge < -0.3 is 4.74 Å². The first-order valence-electron chi connectivity index (χ1n) is 7.86. The fraction of sp³-hybridized carbons (Fsp3) is 0.333. The number of carbonyl (C=O) groups is 3. The van der Waals surface area contributed by atoms with Gasteiger partial charge in [-0.25, -0.2) is 4.98 Å². The van der Waals surface area contributed by atoms with Gasteiger partial charge in [0.15, 0.2) is 10.9 Å². The Morgan fingerprint density at radius 3 is 2.52 bits per heavy atom. The zero-order valence-corrected chi connectivity index (χ0v) is 15.0. The Hall–Kier alpha value is -2.54. The van der Waals surface area contributed by atoms with Crippen molar-refractivity contribution < 1.29 is 19.1 Å². The van der Waals surface area contributed by atoms with Crippen molar-refractivity contribution in [3.63, 3.8) is 0 Å². The van der Waals surface area contributed by atoms with Crippen molar-refractivity contribution in [2.24, 2.45) is 5.41 Å². The van der Waals surface area contributed by atoms with Crippen molar-refractivity contribution in [1.82, 2.24) is 4.98 Å². The van der Waals surface area contributed by atoms with Crippen molar-refractivity contribution >= 4 is 34.1 Å². The highest BCUT2D eigenvalue weighted by Gasteiger charge is 2.34. The van der Waals surface area contributed by atoms with Gasteiger partial charge in [0.05, 0.1) is 10.6 Å². The molecule has 6 nitrogen and oxygen atoms in total. The minimum atomic E-state index is -0.418. The molecule has 0 aliphatic heterocycles. The number of hydrogen-bond acceptors (Lipinski definition) is 6. The number of nitrogens with zero attached hydrogens (tertiary/aromatic N) is 1. The highest BCUT2D eigenvalue weighted by atomic mass is 32.1. The number of nitrogens with one attached hydrogen (secondary N) is 1. The summed E-state index contributed by atoms with van der Waals surface area (Å²) in [6.45, 7) is 5.39. The van der Waals surface area contributed by atoms with E-state index in [-0.39, 0.29) is 17.1 Å². The molecule has 3 rings (SSSR count). The average molecular weight is 358 g/mol. The second kappa shape index (κ2) is 6.40. The third-order valence-electron chi connectivity index (χ3n) is 3.83. The Labute approximate surface area is 149 Å². The number of aromatic nitrogens is 1. The standard InChI is InChI=1S/C18H18N2O4S/c1-10(21)24-12-6-4-11(5-7-12)16(23)20-17-19-13-8-18(2,3)9-14(22)15(13)25-17/h4-7H,8-9H2,1-3H3,(H,19,20,23). The minimum absolute atomic E-state index is 0.0787.